The van der Waals surface area contributed by atoms with E-state index in [0.717, 1.165) is 16.1 Å². The number of hydrogen-bond donors (Lipinski definition) is 1. The molecule has 1 aromatic heterocycles. The maximum absolute atomic E-state index is 12.3. The fourth-order valence-corrected chi connectivity index (χ4v) is 3.90. The lowest BCUT2D eigenvalue weighted by atomic mass is 10.2. The number of aromatic nitrogens is 1. The molecular formula is C17H16N2O2S2. The summed E-state index contributed by atoms with van der Waals surface area (Å²) in [5.41, 5.74) is 2.77. The summed E-state index contributed by atoms with van der Waals surface area (Å²) in [5, 5.41) is 2.76. The fraction of sp³-hybridized carbons (Fsp3) is 0.118. The molecule has 1 heterocycles. The molecule has 3 rings (SSSR count). The molecule has 3 aromatic rings. The van der Waals surface area contributed by atoms with Crippen LogP contribution >= 0.6 is 11.3 Å². The summed E-state index contributed by atoms with van der Waals surface area (Å²) in [6.07, 6.45) is 0. The molecule has 0 aliphatic rings. The van der Waals surface area contributed by atoms with Crippen molar-refractivity contribution < 1.29 is 8.42 Å². The van der Waals surface area contributed by atoms with E-state index in [1.54, 1.807) is 24.3 Å². The quantitative estimate of drug-likeness (QED) is 0.769. The zero-order chi connectivity index (χ0) is 16.3. The van der Waals surface area contributed by atoms with Crippen molar-refractivity contribution >= 4 is 21.4 Å². The summed E-state index contributed by atoms with van der Waals surface area (Å²) in [6, 6.07) is 16.6. The van der Waals surface area contributed by atoms with Gasteiger partial charge in [-0.2, -0.15) is 0 Å². The molecule has 4 nitrogen and oxygen atoms in total. The summed E-state index contributed by atoms with van der Waals surface area (Å²) in [4.78, 5) is 4.75. The highest BCUT2D eigenvalue weighted by atomic mass is 32.2. The first kappa shape index (κ1) is 15.9. The minimum absolute atomic E-state index is 0.180. The van der Waals surface area contributed by atoms with E-state index in [1.165, 1.54) is 11.3 Å². The molecule has 0 saturated carbocycles. The SMILES string of the molecule is Cc1ccc(S(=O)(=O)NCc2csc(-c3ccccc3)n2)cc1. The van der Waals surface area contributed by atoms with Crippen LogP contribution in [0.2, 0.25) is 0 Å². The maximum atomic E-state index is 12.3. The van der Waals surface area contributed by atoms with E-state index in [2.05, 4.69) is 9.71 Å². The van der Waals surface area contributed by atoms with Crippen molar-refractivity contribution in [3.8, 4) is 10.6 Å². The third-order valence-corrected chi connectivity index (χ3v) is 5.70. The van der Waals surface area contributed by atoms with Gasteiger partial charge in [0.25, 0.3) is 0 Å². The average Bonchev–Trinajstić information content (AvgIpc) is 3.03. The van der Waals surface area contributed by atoms with Crippen molar-refractivity contribution in [2.24, 2.45) is 0 Å². The Morgan fingerprint density at radius 3 is 2.43 bits per heavy atom. The number of nitrogens with one attached hydrogen (secondary N) is 1. The second kappa shape index (κ2) is 6.62. The standard InChI is InChI=1S/C17H16N2O2S2/c1-13-7-9-16(10-8-13)23(20,21)18-11-15-12-22-17(19-15)14-5-3-2-4-6-14/h2-10,12,18H,11H2,1H3. The normalized spacial score (nSPS) is 11.5. The third kappa shape index (κ3) is 3.85. The van der Waals surface area contributed by atoms with Gasteiger partial charge in [-0.1, -0.05) is 48.0 Å². The van der Waals surface area contributed by atoms with Crippen LogP contribution in [-0.2, 0) is 16.6 Å². The highest BCUT2D eigenvalue weighted by Crippen LogP contribution is 2.23. The van der Waals surface area contributed by atoms with Crippen LogP contribution in [0.4, 0.5) is 0 Å². The van der Waals surface area contributed by atoms with Crippen LogP contribution in [0.1, 0.15) is 11.3 Å². The minimum atomic E-state index is -3.52. The van der Waals surface area contributed by atoms with Crippen molar-refractivity contribution in [3.05, 3.63) is 71.2 Å². The highest BCUT2D eigenvalue weighted by Gasteiger charge is 2.14. The first-order chi connectivity index (χ1) is 11.0. The second-order valence-corrected chi connectivity index (χ2v) is 7.77. The van der Waals surface area contributed by atoms with Crippen molar-refractivity contribution in [3.63, 3.8) is 0 Å². The molecule has 1 N–H and O–H groups in total. The van der Waals surface area contributed by atoms with Crippen molar-refractivity contribution in [2.45, 2.75) is 18.4 Å². The zero-order valence-corrected chi connectivity index (χ0v) is 14.2. The number of benzene rings is 2. The van der Waals surface area contributed by atoms with Crippen LogP contribution in [-0.4, -0.2) is 13.4 Å². The summed E-state index contributed by atoms with van der Waals surface area (Å²) in [6.45, 7) is 2.10. The number of nitrogens with zero attached hydrogens (tertiary/aromatic N) is 1. The van der Waals surface area contributed by atoms with E-state index < -0.39 is 10.0 Å². The first-order valence-corrected chi connectivity index (χ1v) is 9.47. The van der Waals surface area contributed by atoms with Crippen LogP contribution in [0.25, 0.3) is 10.6 Å². The molecule has 0 unspecified atom stereocenters. The molecule has 0 bridgehead atoms. The zero-order valence-electron chi connectivity index (χ0n) is 12.6. The maximum Gasteiger partial charge on any atom is 0.240 e. The van der Waals surface area contributed by atoms with Gasteiger partial charge in [-0.25, -0.2) is 18.1 Å². The topological polar surface area (TPSA) is 59.1 Å². The largest absolute Gasteiger partial charge is 0.240 e. The summed E-state index contributed by atoms with van der Waals surface area (Å²) in [5.74, 6) is 0. The molecule has 2 aromatic carbocycles. The molecule has 118 valence electrons. The van der Waals surface area contributed by atoms with E-state index in [0.29, 0.717) is 5.69 Å². The summed E-state index contributed by atoms with van der Waals surface area (Å²) >= 11 is 1.51. The van der Waals surface area contributed by atoms with E-state index in [-0.39, 0.29) is 11.4 Å². The average molecular weight is 344 g/mol. The Bertz CT molecular complexity index is 886. The monoisotopic (exact) mass is 344 g/mol. The second-order valence-electron chi connectivity index (χ2n) is 5.15. The molecule has 0 saturated heterocycles. The molecule has 23 heavy (non-hydrogen) atoms. The van der Waals surface area contributed by atoms with Crippen LogP contribution in [0.3, 0.4) is 0 Å². The van der Waals surface area contributed by atoms with Crippen LogP contribution in [0, 0.1) is 6.92 Å². The number of rotatable bonds is 5. The summed E-state index contributed by atoms with van der Waals surface area (Å²) < 4.78 is 27.1. The molecule has 0 aliphatic heterocycles. The van der Waals surface area contributed by atoms with Gasteiger partial charge in [-0.15, -0.1) is 11.3 Å². The molecule has 0 amide bonds. The van der Waals surface area contributed by atoms with E-state index in [1.807, 2.05) is 42.6 Å². The van der Waals surface area contributed by atoms with Crippen molar-refractivity contribution in [1.29, 1.82) is 0 Å². The Morgan fingerprint density at radius 1 is 1.04 bits per heavy atom. The van der Waals surface area contributed by atoms with Gasteiger partial charge in [0.05, 0.1) is 17.1 Å². The number of thiazole rings is 1. The molecule has 0 spiro atoms. The number of hydrogen-bond acceptors (Lipinski definition) is 4. The predicted molar refractivity (Wildman–Crippen MR) is 92.8 cm³/mol. The van der Waals surface area contributed by atoms with E-state index in [4.69, 9.17) is 0 Å². The predicted octanol–water partition coefficient (Wildman–Crippen LogP) is 3.60. The highest BCUT2D eigenvalue weighted by molar-refractivity contribution is 7.89. The van der Waals surface area contributed by atoms with E-state index in [9.17, 15) is 8.42 Å². The Kier molecular flexibility index (Phi) is 4.56. The van der Waals surface area contributed by atoms with Crippen LogP contribution in [0.5, 0.6) is 0 Å². The first-order valence-electron chi connectivity index (χ1n) is 7.11. The molecule has 6 heteroatoms. The van der Waals surface area contributed by atoms with Gasteiger partial charge in [-0.3, -0.25) is 0 Å². The van der Waals surface area contributed by atoms with Crippen LogP contribution < -0.4 is 4.72 Å². The van der Waals surface area contributed by atoms with Gasteiger partial charge in [0.15, 0.2) is 0 Å². The summed E-state index contributed by atoms with van der Waals surface area (Å²) in [7, 11) is -3.52. The van der Waals surface area contributed by atoms with Gasteiger partial charge in [0.2, 0.25) is 10.0 Å². The minimum Gasteiger partial charge on any atom is -0.240 e. The molecule has 0 fully saturated rings. The Labute approximate surface area is 139 Å². The van der Waals surface area contributed by atoms with Crippen LogP contribution in [0.15, 0.2) is 64.9 Å². The lowest BCUT2D eigenvalue weighted by molar-refractivity contribution is 0.580. The molecule has 0 atom stereocenters. The van der Waals surface area contributed by atoms with Gasteiger partial charge < -0.3 is 0 Å². The Balaban J connectivity index is 1.71. The van der Waals surface area contributed by atoms with Crippen molar-refractivity contribution in [1.82, 2.24) is 9.71 Å². The number of aryl methyl sites for hydroxylation is 1. The third-order valence-electron chi connectivity index (χ3n) is 3.35. The number of sulfonamides is 1. The molecular weight excluding hydrogens is 328 g/mol. The lowest BCUT2D eigenvalue weighted by Gasteiger charge is -2.05. The molecule has 0 aliphatic carbocycles. The fourth-order valence-electron chi connectivity index (χ4n) is 2.07. The van der Waals surface area contributed by atoms with Gasteiger partial charge in [0.1, 0.15) is 5.01 Å². The van der Waals surface area contributed by atoms with Gasteiger partial charge in [-0.05, 0) is 19.1 Å². The van der Waals surface area contributed by atoms with Crippen molar-refractivity contribution in [2.75, 3.05) is 0 Å². The molecule has 0 radical (unpaired) electrons. The smallest absolute Gasteiger partial charge is 0.240 e. The van der Waals surface area contributed by atoms with E-state index >= 15 is 0 Å². The Hall–Kier alpha value is -2.02. The Morgan fingerprint density at radius 2 is 1.74 bits per heavy atom. The van der Waals surface area contributed by atoms with Gasteiger partial charge in [0, 0.05) is 10.9 Å². The lowest BCUT2D eigenvalue weighted by Crippen LogP contribution is -2.23. The van der Waals surface area contributed by atoms with Gasteiger partial charge >= 0.3 is 0 Å².